The van der Waals surface area contributed by atoms with E-state index in [1.54, 1.807) is 7.11 Å². The standard InChI is InChI=1S/C24H30N2O3/c1-16-13-20(14-17(2)23(16)29-5)22(27)19-7-6-12-26(15-19)24(28)18-8-10-21(11-9-18)25(3)4/h8-11,13-14,19H,6-7,12,15H2,1-5H3. The Morgan fingerprint density at radius 1 is 1.03 bits per heavy atom. The third kappa shape index (κ3) is 4.44. The number of rotatable bonds is 5. The number of carbonyl (C=O) groups is 2. The molecule has 1 fully saturated rings. The lowest BCUT2D eigenvalue weighted by Crippen LogP contribution is -2.42. The van der Waals surface area contributed by atoms with Crippen molar-refractivity contribution in [2.24, 2.45) is 5.92 Å². The molecule has 1 amide bonds. The van der Waals surface area contributed by atoms with Crippen LogP contribution in [0.1, 0.15) is 44.7 Å². The first-order valence-electron chi connectivity index (χ1n) is 10.1. The largest absolute Gasteiger partial charge is 0.496 e. The van der Waals surface area contributed by atoms with Gasteiger partial charge in [0.2, 0.25) is 0 Å². The average Bonchev–Trinajstić information content (AvgIpc) is 2.72. The lowest BCUT2D eigenvalue weighted by Gasteiger charge is -2.32. The Hall–Kier alpha value is -2.82. The maximum Gasteiger partial charge on any atom is 0.253 e. The number of ether oxygens (including phenoxy) is 1. The van der Waals surface area contributed by atoms with E-state index in [-0.39, 0.29) is 17.6 Å². The van der Waals surface area contributed by atoms with E-state index in [4.69, 9.17) is 4.74 Å². The SMILES string of the molecule is COc1c(C)cc(C(=O)C2CCCN(C(=O)c3ccc(N(C)C)cc3)C2)cc1C. The quantitative estimate of drug-likeness (QED) is 0.716. The Morgan fingerprint density at radius 3 is 2.21 bits per heavy atom. The van der Waals surface area contributed by atoms with Gasteiger partial charge < -0.3 is 14.5 Å². The molecule has 5 heteroatoms. The Balaban J connectivity index is 1.74. The summed E-state index contributed by atoms with van der Waals surface area (Å²) in [5.74, 6) is 0.762. The number of Topliss-reactive ketones (excluding diaryl/α,β-unsaturated/α-hetero) is 1. The van der Waals surface area contributed by atoms with Gasteiger partial charge in [0.05, 0.1) is 7.11 Å². The molecule has 1 saturated heterocycles. The van der Waals surface area contributed by atoms with Crippen molar-refractivity contribution >= 4 is 17.4 Å². The van der Waals surface area contributed by atoms with Crippen LogP contribution in [0.4, 0.5) is 5.69 Å². The van der Waals surface area contributed by atoms with Crippen molar-refractivity contribution in [3.05, 3.63) is 58.7 Å². The fourth-order valence-electron chi connectivity index (χ4n) is 4.11. The summed E-state index contributed by atoms with van der Waals surface area (Å²) in [6.45, 7) is 5.07. The number of anilines is 1. The molecular weight excluding hydrogens is 364 g/mol. The van der Waals surface area contributed by atoms with Gasteiger partial charge in [-0.2, -0.15) is 0 Å². The minimum absolute atomic E-state index is 0.00472. The molecule has 29 heavy (non-hydrogen) atoms. The summed E-state index contributed by atoms with van der Waals surface area (Å²) in [6, 6.07) is 11.4. The predicted octanol–water partition coefficient (Wildman–Crippen LogP) is 4.11. The number of ketones is 1. The van der Waals surface area contributed by atoms with Crippen LogP contribution >= 0.6 is 0 Å². The molecule has 0 radical (unpaired) electrons. The number of piperidine rings is 1. The zero-order valence-electron chi connectivity index (χ0n) is 18.0. The van der Waals surface area contributed by atoms with Crippen molar-refractivity contribution in [2.75, 3.05) is 39.2 Å². The summed E-state index contributed by atoms with van der Waals surface area (Å²) in [5.41, 5.74) is 4.34. The number of carbonyl (C=O) groups excluding carboxylic acids is 2. The topological polar surface area (TPSA) is 49.9 Å². The van der Waals surface area contributed by atoms with E-state index >= 15 is 0 Å². The highest BCUT2D eigenvalue weighted by Gasteiger charge is 2.30. The lowest BCUT2D eigenvalue weighted by atomic mass is 9.88. The molecule has 154 valence electrons. The van der Waals surface area contributed by atoms with Crippen molar-refractivity contribution in [3.8, 4) is 5.75 Å². The highest BCUT2D eigenvalue weighted by atomic mass is 16.5. The summed E-state index contributed by atoms with van der Waals surface area (Å²) in [5, 5.41) is 0. The van der Waals surface area contributed by atoms with Crippen LogP contribution in [0.25, 0.3) is 0 Å². The normalized spacial score (nSPS) is 16.4. The van der Waals surface area contributed by atoms with Crippen LogP contribution in [-0.4, -0.2) is 50.9 Å². The lowest BCUT2D eigenvalue weighted by molar-refractivity contribution is 0.0637. The van der Waals surface area contributed by atoms with Gasteiger partial charge in [0, 0.05) is 49.9 Å². The number of benzene rings is 2. The Kier molecular flexibility index (Phi) is 6.26. The van der Waals surface area contributed by atoms with E-state index < -0.39 is 0 Å². The molecule has 0 bridgehead atoms. The third-order valence-electron chi connectivity index (χ3n) is 5.66. The fourth-order valence-corrected chi connectivity index (χ4v) is 4.11. The van der Waals surface area contributed by atoms with Gasteiger partial charge in [-0.3, -0.25) is 9.59 Å². The van der Waals surface area contributed by atoms with Crippen LogP contribution < -0.4 is 9.64 Å². The summed E-state index contributed by atoms with van der Waals surface area (Å²) in [7, 11) is 5.59. The van der Waals surface area contributed by atoms with E-state index in [1.807, 2.05) is 74.1 Å². The second kappa shape index (κ2) is 8.68. The summed E-state index contributed by atoms with van der Waals surface area (Å²) >= 11 is 0. The van der Waals surface area contributed by atoms with E-state index in [2.05, 4.69) is 0 Å². The second-order valence-electron chi connectivity index (χ2n) is 8.04. The second-order valence-corrected chi connectivity index (χ2v) is 8.04. The molecular formula is C24H30N2O3. The van der Waals surface area contributed by atoms with Gasteiger partial charge in [-0.25, -0.2) is 0 Å². The minimum atomic E-state index is -0.166. The predicted molar refractivity (Wildman–Crippen MR) is 116 cm³/mol. The van der Waals surface area contributed by atoms with E-state index in [0.717, 1.165) is 35.4 Å². The number of hydrogen-bond acceptors (Lipinski definition) is 4. The van der Waals surface area contributed by atoms with Crippen LogP contribution in [0.3, 0.4) is 0 Å². The van der Waals surface area contributed by atoms with E-state index in [1.165, 1.54) is 0 Å². The molecule has 1 aliphatic heterocycles. The molecule has 5 nitrogen and oxygen atoms in total. The van der Waals surface area contributed by atoms with Crippen LogP contribution in [0.5, 0.6) is 5.75 Å². The van der Waals surface area contributed by atoms with E-state index in [9.17, 15) is 9.59 Å². The maximum atomic E-state index is 13.1. The highest BCUT2D eigenvalue weighted by molar-refractivity contribution is 6.00. The molecule has 0 aliphatic carbocycles. The number of hydrogen-bond donors (Lipinski definition) is 0. The van der Waals surface area contributed by atoms with Gasteiger partial charge in [-0.05, 0) is 74.2 Å². The molecule has 0 N–H and O–H groups in total. The zero-order chi connectivity index (χ0) is 21.1. The van der Waals surface area contributed by atoms with Gasteiger partial charge in [0.25, 0.3) is 5.91 Å². The maximum absolute atomic E-state index is 13.1. The van der Waals surface area contributed by atoms with Crippen LogP contribution in [0, 0.1) is 19.8 Å². The van der Waals surface area contributed by atoms with Crippen molar-refractivity contribution < 1.29 is 14.3 Å². The van der Waals surface area contributed by atoms with Crippen LogP contribution in [0.15, 0.2) is 36.4 Å². The molecule has 0 aromatic heterocycles. The third-order valence-corrected chi connectivity index (χ3v) is 5.66. The first-order chi connectivity index (χ1) is 13.8. The molecule has 3 rings (SSSR count). The molecule has 1 aliphatic rings. The molecule has 0 spiro atoms. The summed E-state index contributed by atoms with van der Waals surface area (Å²) in [4.78, 5) is 29.9. The van der Waals surface area contributed by atoms with Crippen molar-refractivity contribution in [1.29, 1.82) is 0 Å². The van der Waals surface area contributed by atoms with E-state index in [0.29, 0.717) is 24.2 Å². The first-order valence-corrected chi connectivity index (χ1v) is 10.1. The Bertz CT molecular complexity index is 880. The molecule has 1 unspecified atom stereocenters. The van der Waals surface area contributed by atoms with Crippen LogP contribution in [0.2, 0.25) is 0 Å². The molecule has 1 atom stereocenters. The monoisotopic (exact) mass is 394 g/mol. The molecule has 2 aromatic rings. The Labute approximate surface area is 173 Å². The molecule has 2 aromatic carbocycles. The number of likely N-dealkylation sites (tertiary alicyclic amines) is 1. The number of amides is 1. The minimum Gasteiger partial charge on any atom is -0.496 e. The van der Waals surface area contributed by atoms with Crippen molar-refractivity contribution in [1.82, 2.24) is 4.90 Å². The van der Waals surface area contributed by atoms with Gasteiger partial charge in [0.15, 0.2) is 5.78 Å². The number of nitrogens with zero attached hydrogens (tertiary/aromatic N) is 2. The molecule has 0 saturated carbocycles. The Morgan fingerprint density at radius 2 is 1.66 bits per heavy atom. The van der Waals surface area contributed by atoms with Gasteiger partial charge >= 0.3 is 0 Å². The fraction of sp³-hybridized carbons (Fsp3) is 0.417. The number of aryl methyl sites for hydroxylation is 2. The summed E-state index contributed by atoms with van der Waals surface area (Å²) < 4.78 is 5.41. The van der Waals surface area contributed by atoms with Gasteiger partial charge in [-0.15, -0.1) is 0 Å². The van der Waals surface area contributed by atoms with Crippen molar-refractivity contribution in [2.45, 2.75) is 26.7 Å². The average molecular weight is 395 g/mol. The molecule has 1 heterocycles. The van der Waals surface area contributed by atoms with Gasteiger partial charge in [-0.1, -0.05) is 0 Å². The zero-order valence-corrected chi connectivity index (χ0v) is 18.0. The highest BCUT2D eigenvalue weighted by Crippen LogP contribution is 2.28. The van der Waals surface area contributed by atoms with Crippen LogP contribution in [-0.2, 0) is 0 Å². The number of methoxy groups -OCH3 is 1. The smallest absolute Gasteiger partial charge is 0.253 e. The summed E-state index contributed by atoms with van der Waals surface area (Å²) in [6.07, 6.45) is 1.65. The van der Waals surface area contributed by atoms with Gasteiger partial charge in [0.1, 0.15) is 5.75 Å². The first kappa shape index (κ1) is 20.9. The van der Waals surface area contributed by atoms with Crippen molar-refractivity contribution in [3.63, 3.8) is 0 Å².